The zero-order valence-electron chi connectivity index (χ0n) is 24.4. The minimum atomic E-state index is -0.298. The van der Waals surface area contributed by atoms with Gasteiger partial charge in [0, 0.05) is 55.1 Å². The lowest BCUT2D eigenvalue weighted by molar-refractivity contribution is -0.111. The van der Waals surface area contributed by atoms with Crippen LogP contribution in [0.1, 0.15) is 0 Å². The Kier molecular flexibility index (Phi) is 8.59. The molecule has 0 saturated carbocycles. The SMILES string of the molecule is BC(B)(B)N(CCN(C)C)c1cc(OC)c(Nc2nccc(-c3cn(C)c4ccccc34)n2)cc1NC(=O)C=C. The quantitative estimate of drug-likeness (QED) is 0.222. The van der Waals surface area contributed by atoms with Gasteiger partial charge in [-0.25, -0.2) is 9.97 Å². The van der Waals surface area contributed by atoms with E-state index in [1.165, 1.54) is 6.08 Å². The van der Waals surface area contributed by atoms with Crippen molar-refractivity contribution in [2.75, 3.05) is 49.8 Å². The Hall–Kier alpha value is -4.18. The molecule has 0 atom stereocenters. The maximum atomic E-state index is 12.5. The third kappa shape index (κ3) is 6.34. The number of methoxy groups -OCH3 is 1. The van der Waals surface area contributed by atoms with E-state index in [4.69, 9.17) is 9.72 Å². The number of ether oxygens (including phenoxy) is 1. The van der Waals surface area contributed by atoms with Gasteiger partial charge >= 0.3 is 0 Å². The number of rotatable bonds is 11. The second kappa shape index (κ2) is 11.9. The molecular weight excluding hydrogens is 499 g/mol. The molecule has 1 amide bonds. The Morgan fingerprint density at radius 3 is 2.58 bits per heavy atom. The van der Waals surface area contributed by atoms with Crippen LogP contribution < -0.4 is 20.3 Å². The Morgan fingerprint density at radius 1 is 1.15 bits per heavy atom. The van der Waals surface area contributed by atoms with Gasteiger partial charge in [0.1, 0.15) is 29.3 Å². The van der Waals surface area contributed by atoms with Gasteiger partial charge in [-0.2, -0.15) is 0 Å². The molecule has 12 heteroatoms. The molecule has 204 valence electrons. The van der Waals surface area contributed by atoms with E-state index in [0.29, 0.717) is 23.1 Å². The van der Waals surface area contributed by atoms with E-state index in [1.807, 2.05) is 51.5 Å². The third-order valence-corrected chi connectivity index (χ3v) is 6.71. The highest BCUT2D eigenvalue weighted by Gasteiger charge is 2.26. The highest BCUT2D eigenvalue weighted by molar-refractivity contribution is 6.61. The number of aryl methyl sites for hydroxylation is 1. The summed E-state index contributed by atoms with van der Waals surface area (Å²) in [5, 5.41) is 7.20. The molecule has 2 aromatic heterocycles. The van der Waals surface area contributed by atoms with E-state index in [-0.39, 0.29) is 11.1 Å². The largest absolute Gasteiger partial charge is 0.494 e. The number of likely N-dealkylation sites (N-methyl/N-ethyl adjacent to an activating group) is 1. The zero-order chi connectivity index (χ0) is 29.0. The fraction of sp³-hybridized carbons (Fsp3) is 0.250. The van der Waals surface area contributed by atoms with Gasteiger partial charge in [-0.15, -0.1) is 0 Å². The van der Waals surface area contributed by atoms with Gasteiger partial charge in [0.05, 0.1) is 29.9 Å². The first-order valence-corrected chi connectivity index (χ1v) is 13.2. The molecule has 40 heavy (non-hydrogen) atoms. The summed E-state index contributed by atoms with van der Waals surface area (Å²) in [5.74, 6) is 0.718. The lowest BCUT2D eigenvalue weighted by Gasteiger charge is -2.40. The van der Waals surface area contributed by atoms with E-state index >= 15 is 0 Å². The summed E-state index contributed by atoms with van der Waals surface area (Å²) < 4.78 is 7.91. The van der Waals surface area contributed by atoms with Gasteiger partial charge in [0.25, 0.3) is 0 Å². The molecule has 2 aromatic carbocycles. The van der Waals surface area contributed by atoms with Crippen molar-refractivity contribution >= 4 is 63.4 Å². The molecule has 2 heterocycles. The van der Waals surface area contributed by atoms with E-state index < -0.39 is 0 Å². The number of fused-ring (bicyclic) bond motifs is 1. The first-order chi connectivity index (χ1) is 19.0. The number of nitrogens with one attached hydrogen (secondary N) is 2. The fourth-order valence-electron chi connectivity index (χ4n) is 4.70. The maximum absolute atomic E-state index is 12.5. The lowest BCUT2D eigenvalue weighted by Crippen LogP contribution is -2.53. The summed E-state index contributed by atoms with van der Waals surface area (Å²) in [6, 6.07) is 13.9. The van der Waals surface area contributed by atoms with Crippen molar-refractivity contribution in [1.29, 1.82) is 0 Å². The van der Waals surface area contributed by atoms with Gasteiger partial charge in [0.2, 0.25) is 11.9 Å². The monoisotopic (exact) mass is 535 g/mol. The number of hydrogen-bond donors (Lipinski definition) is 2. The Morgan fingerprint density at radius 2 is 1.90 bits per heavy atom. The lowest BCUT2D eigenvalue weighted by atomic mass is 9.48. The van der Waals surface area contributed by atoms with Crippen molar-refractivity contribution in [2.24, 2.45) is 7.05 Å². The molecule has 0 spiro atoms. The first kappa shape index (κ1) is 28.8. The van der Waals surface area contributed by atoms with Crippen molar-refractivity contribution in [3.05, 3.63) is 67.5 Å². The van der Waals surface area contributed by atoms with E-state index in [2.05, 4.69) is 78.4 Å². The van der Waals surface area contributed by atoms with Crippen LogP contribution >= 0.6 is 0 Å². The van der Waals surface area contributed by atoms with Crippen LogP contribution in [0, 0.1) is 0 Å². The molecule has 4 aromatic rings. The maximum Gasteiger partial charge on any atom is 0.247 e. The summed E-state index contributed by atoms with van der Waals surface area (Å²) in [6.45, 7) is 5.22. The van der Waals surface area contributed by atoms with E-state index in [9.17, 15) is 4.79 Å². The Bertz CT molecular complexity index is 1530. The topological polar surface area (TPSA) is 87.6 Å². The summed E-state index contributed by atoms with van der Waals surface area (Å²) in [5.41, 5.74) is 5.05. The van der Waals surface area contributed by atoms with Crippen LogP contribution in [0.3, 0.4) is 0 Å². The van der Waals surface area contributed by atoms with Crippen LogP contribution in [0.5, 0.6) is 5.75 Å². The number of aromatic nitrogens is 3. The molecule has 0 bridgehead atoms. The number of carbonyl (C=O) groups excluding carboxylic acids is 1. The Labute approximate surface area is 238 Å². The van der Waals surface area contributed by atoms with Crippen LogP contribution in [-0.2, 0) is 11.8 Å². The van der Waals surface area contributed by atoms with Crippen molar-refractivity contribution in [2.45, 2.75) is 5.24 Å². The molecule has 4 rings (SSSR count). The minimum absolute atomic E-state index is 0.223. The summed E-state index contributed by atoms with van der Waals surface area (Å²) in [6.07, 6.45) is 5.07. The molecule has 0 unspecified atom stereocenters. The molecule has 0 saturated heterocycles. The van der Waals surface area contributed by atoms with Crippen LogP contribution in [0.2, 0.25) is 0 Å². The van der Waals surface area contributed by atoms with Gasteiger partial charge < -0.3 is 29.7 Å². The smallest absolute Gasteiger partial charge is 0.247 e. The zero-order valence-corrected chi connectivity index (χ0v) is 24.4. The van der Waals surface area contributed by atoms with Gasteiger partial charge in [-0.3, -0.25) is 4.79 Å². The van der Waals surface area contributed by atoms with E-state index in [1.54, 1.807) is 13.3 Å². The van der Waals surface area contributed by atoms with Crippen molar-refractivity contribution in [3.63, 3.8) is 0 Å². The number of benzene rings is 2. The predicted molar refractivity (Wildman–Crippen MR) is 173 cm³/mol. The second-order valence-electron chi connectivity index (χ2n) is 11.0. The number of hydrogen-bond acceptors (Lipinski definition) is 7. The molecule has 2 N–H and O–H groups in total. The number of nitrogens with zero attached hydrogens (tertiary/aromatic N) is 5. The van der Waals surface area contributed by atoms with Crippen LogP contribution in [0.4, 0.5) is 23.0 Å². The highest BCUT2D eigenvalue weighted by atomic mass is 16.5. The first-order valence-electron chi connectivity index (χ1n) is 13.2. The number of para-hydroxylation sites is 1. The number of amides is 1. The van der Waals surface area contributed by atoms with Gasteiger partial charge in [0.15, 0.2) is 0 Å². The van der Waals surface area contributed by atoms with Crippen molar-refractivity contribution in [3.8, 4) is 17.0 Å². The van der Waals surface area contributed by atoms with Crippen LogP contribution in [0.15, 0.2) is 67.5 Å². The van der Waals surface area contributed by atoms with Gasteiger partial charge in [-0.1, -0.05) is 24.8 Å². The average molecular weight is 535 g/mol. The molecule has 9 nitrogen and oxygen atoms in total. The van der Waals surface area contributed by atoms with E-state index in [0.717, 1.165) is 40.9 Å². The number of carbonyl (C=O) groups is 1. The molecule has 0 aliphatic heterocycles. The number of anilines is 4. The van der Waals surface area contributed by atoms with Gasteiger partial charge in [-0.05, 0) is 43.6 Å². The van der Waals surface area contributed by atoms with Crippen LogP contribution in [-0.4, -0.2) is 88.4 Å². The molecule has 0 aliphatic carbocycles. The van der Waals surface area contributed by atoms with Crippen molar-refractivity contribution < 1.29 is 9.53 Å². The molecule has 0 radical (unpaired) electrons. The summed E-state index contributed by atoms with van der Waals surface area (Å²) >= 11 is 0. The van der Waals surface area contributed by atoms with Crippen LogP contribution in [0.25, 0.3) is 22.2 Å². The predicted octanol–water partition coefficient (Wildman–Crippen LogP) is 1.39. The second-order valence-corrected chi connectivity index (χ2v) is 11.0. The standard InChI is InChI=1S/C28H36B3N7O2/c1-6-26(39)33-21-15-22(25(40-5)16-24(21)38(28(29,30)31)14-13-36(2)3)35-27-32-12-11-20(34-27)19-17-37(4)23-10-8-7-9-18(19)23/h6-12,15-17H,1,13-14,29-31H2,2-5H3,(H,33,39)(H,32,34,35). The van der Waals surface area contributed by atoms with Crippen molar-refractivity contribution in [1.82, 2.24) is 19.4 Å². The average Bonchev–Trinajstić information content (AvgIpc) is 3.25. The Balaban J connectivity index is 1.77. The molecule has 0 aliphatic rings. The molecule has 0 fully saturated rings. The summed E-state index contributed by atoms with van der Waals surface area (Å²) in [4.78, 5) is 26.2. The third-order valence-electron chi connectivity index (χ3n) is 6.71. The fourth-order valence-corrected chi connectivity index (χ4v) is 4.70. The molecular formula is C28H36B3N7O2. The normalized spacial score (nSPS) is 11.4. The minimum Gasteiger partial charge on any atom is -0.494 e. The summed E-state index contributed by atoms with van der Waals surface area (Å²) in [7, 11) is 14.2. The highest BCUT2D eigenvalue weighted by Crippen LogP contribution is 2.39.